The largest absolute Gasteiger partial charge is 0.305 e. The summed E-state index contributed by atoms with van der Waals surface area (Å²) in [5, 5.41) is 8.62. The molecule has 0 saturated heterocycles. The van der Waals surface area contributed by atoms with E-state index in [-0.39, 0.29) is 12.0 Å². The van der Waals surface area contributed by atoms with Crippen LogP contribution in [0.5, 0.6) is 0 Å². The molecule has 0 amide bonds. The molecule has 3 heteroatoms. The van der Waals surface area contributed by atoms with Crippen molar-refractivity contribution in [3.8, 4) is 6.07 Å². The van der Waals surface area contributed by atoms with Crippen molar-refractivity contribution in [2.75, 3.05) is 7.11 Å². The summed E-state index contributed by atoms with van der Waals surface area (Å²) in [5.74, 6) is 0.153. The third-order valence-corrected chi connectivity index (χ3v) is 1.95. The molecule has 2 unspecified atom stereocenters. The second-order valence-electron chi connectivity index (χ2n) is 2.59. The smallest absolute Gasteiger partial charge is 0.0673 e. The van der Waals surface area contributed by atoms with Gasteiger partial charge in [-0.1, -0.05) is 6.42 Å². The fraction of sp³-hybridized carbons (Fsp3) is 0.857. The lowest BCUT2D eigenvalue weighted by Gasteiger charge is -2.12. The topological polar surface area (TPSA) is 45.0 Å². The minimum atomic E-state index is 0.153. The molecule has 1 aliphatic carbocycles. The molecule has 0 aromatic carbocycles. The van der Waals surface area contributed by atoms with E-state index in [1.54, 1.807) is 7.11 Å². The first kappa shape index (κ1) is 7.52. The predicted octanol–water partition coefficient (Wildman–Crippen LogP) is 0.830. The van der Waals surface area contributed by atoms with Gasteiger partial charge < -0.3 is 4.84 Å². The molecule has 0 radical (unpaired) electrons. The van der Waals surface area contributed by atoms with Crippen LogP contribution < -0.4 is 5.48 Å². The van der Waals surface area contributed by atoms with Crippen molar-refractivity contribution in [3.63, 3.8) is 0 Å². The maximum Gasteiger partial charge on any atom is 0.0673 e. The van der Waals surface area contributed by atoms with E-state index in [9.17, 15) is 0 Å². The molecule has 56 valence electrons. The van der Waals surface area contributed by atoms with Gasteiger partial charge in [0.25, 0.3) is 0 Å². The van der Waals surface area contributed by atoms with Gasteiger partial charge in [0.1, 0.15) is 0 Å². The van der Waals surface area contributed by atoms with Gasteiger partial charge in [-0.15, -0.1) is 0 Å². The van der Waals surface area contributed by atoms with Gasteiger partial charge in [0.15, 0.2) is 0 Å². The molecule has 1 N–H and O–H groups in total. The standard InChI is InChI=1S/C7H12N2O/c1-10-9-7-4-2-3-6(7)5-8/h6-7,9H,2-4H2,1H3. The molecule has 10 heavy (non-hydrogen) atoms. The number of hydrogen-bond acceptors (Lipinski definition) is 3. The minimum Gasteiger partial charge on any atom is -0.305 e. The number of hydrogen-bond donors (Lipinski definition) is 1. The molecule has 0 heterocycles. The van der Waals surface area contributed by atoms with Crippen LogP contribution in [0.4, 0.5) is 0 Å². The van der Waals surface area contributed by atoms with Gasteiger partial charge in [-0.05, 0) is 12.8 Å². The minimum absolute atomic E-state index is 0.153. The summed E-state index contributed by atoms with van der Waals surface area (Å²) in [7, 11) is 1.59. The summed E-state index contributed by atoms with van der Waals surface area (Å²) in [4.78, 5) is 4.76. The third-order valence-electron chi connectivity index (χ3n) is 1.95. The fourth-order valence-electron chi connectivity index (χ4n) is 1.41. The Morgan fingerprint density at radius 2 is 2.40 bits per heavy atom. The van der Waals surface area contributed by atoms with Crippen molar-refractivity contribution in [3.05, 3.63) is 0 Å². The molecular weight excluding hydrogens is 128 g/mol. The van der Waals surface area contributed by atoms with Gasteiger partial charge in [0.05, 0.1) is 19.1 Å². The highest BCUT2D eigenvalue weighted by atomic mass is 16.6. The van der Waals surface area contributed by atoms with Crippen LogP contribution in [-0.2, 0) is 4.84 Å². The van der Waals surface area contributed by atoms with Crippen molar-refractivity contribution in [1.29, 1.82) is 5.26 Å². The van der Waals surface area contributed by atoms with E-state index >= 15 is 0 Å². The van der Waals surface area contributed by atoms with Crippen LogP contribution in [0.1, 0.15) is 19.3 Å². The van der Waals surface area contributed by atoms with Gasteiger partial charge in [0, 0.05) is 6.04 Å². The van der Waals surface area contributed by atoms with Gasteiger partial charge in [0.2, 0.25) is 0 Å². The summed E-state index contributed by atoms with van der Waals surface area (Å²) in [6.45, 7) is 0. The zero-order valence-corrected chi connectivity index (χ0v) is 6.13. The molecule has 0 bridgehead atoms. The van der Waals surface area contributed by atoms with E-state index in [4.69, 9.17) is 10.1 Å². The summed E-state index contributed by atoms with van der Waals surface area (Å²) < 4.78 is 0. The zero-order valence-electron chi connectivity index (χ0n) is 6.13. The monoisotopic (exact) mass is 140 g/mol. The SMILES string of the molecule is CONC1CCCC1C#N. The molecule has 1 saturated carbocycles. The molecule has 2 atom stereocenters. The molecule has 1 rings (SSSR count). The van der Waals surface area contributed by atoms with E-state index in [0.717, 1.165) is 19.3 Å². The number of nitrogens with zero attached hydrogens (tertiary/aromatic N) is 1. The lowest BCUT2D eigenvalue weighted by molar-refractivity contribution is 0.0553. The van der Waals surface area contributed by atoms with E-state index in [2.05, 4.69) is 11.5 Å². The maximum absolute atomic E-state index is 8.62. The highest BCUT2D eigenvalue weighted by molar-refractivity contribution is 4.95. The van der Waals surface area contributed by atoms with Crippen LogP contribution in [0.2, 0.25) is 0 Å². The van der Waals surface area contributed by atoms with E-state index in [1.165, 1.54) is 0 Å². The quantitative estimate of drug-likeness (QED) is 0.578. The van der Waals surface area contributed by atoms with E-state index < -0.39 is 0 Å². The molecule has 1 fully saturated rings. The van der Waals surface area contributed by atoms with Gasteiger partial charge in [-0.2, -0.15) is 10.7 Å². The third kappa shape index (κ3) is 1.47. The van der Waals surface area contributed by atoms with Crippen LogP contribution in [0.25, 0.3) is 0 Å². The summed E-state index contributed by atoms with van der Waals surface area (Å²) >= 11 is 0. The summed E-state index contributed by atoms with van der Waals surface area (Å²) in [6, 6.07) is 2.52. The Morgan fingerprint density at radius 1 is 1.60 bits per heavy atom. The first-order valence-electron chi connectivity index (χ1n) is 3.56. The Kier molecular flexibility index (Phi) is 2.67. The molecule has 1 aliphatic rings. The highest BCUT2D eigenvalue weighted by Crippen LogP contribution is 2.24. The first-order chi connectivity index (χ1) is 4.88. The summed E-state index contributed by atoms with van der Waals surface area (Å²) in [5.41, 5.74) is 2.82. The van der Waals surface area contributed by atoms with Crippen molar-refractivity contribution in [1.82, 2.24) is 5.48 Å². The molecule has 0 aliphatic heterocycles. The Hall–Kier alpha value is -0.590. The van der Waals surface area contributed by atoms with Crippen LogP contribution in [0.3, 0.4) is 0 Å². The van der Waals surface area contributed by atoms with Crippen molar-refractivity contribution in [2.24, 2.45) is 5.92 Å². The number of nitriles is 1. The van der Waals surface area contributed by atoms with Crippen LogP contribution in [0.15, 0.2) is 0 Å². The lowest BCUT2D eigenvalue weighted by Crippen LogP contribution is -2.30. The Balaban J connectivity index is 2.36. The highest BCUT2D eigenvalue weighted by Gasteiger charge is 2.26. The fourth-order valence-corrected chi connectivity index (χ4v) is 1.41. The van der Waals surface area contributed by atoms with Gasteiger partial charge >= 0.3 is 0 Å². The van der Waals surface area contributed by atoms with E-state index in [1.807, 2.05) is 0 Å². The molecule has 0 aromatic heterocycles. The predicted molar refractivity (Wildman–Crippen MR) is 36.9 cm³/mol. The van der Waals surface area contributed by atoms with Crippen molar-refractivity contribution >= 4 is 0 Å². The number of rotatable bonds is 2. The molecular formula is C7H12N2O. The first-order valence-corrected chi connectivity index (χ1v) is 3.56. The number of hydroxylamine groups is 1. The second kappa shape index (κ2) is 3.55. The van der Waals surface area contributed by atoms with Crippen molar-refractivity contribution in [2.45, 2.75) is 25.3 Å². The Morgan fingerprint density at radius 3 is 3.00 bits per heavy atom. The van der Waals surface area contributed by atoms with Crippen LogP contribution >= 0.6 is 0 Å². The lowest BCUT2D eigenvalue weighted by atomic mass is 10.1. The number of nitrogens with one attached hydrogen (secondary N) is 1. The van der Waals surface area contributed by atoms with Gasteiger partial charge in [-0.3, -0.25) is 0 Å². The molecule has 3 nitrogen and oxygen atoms in total. The molecule has 0 aromatic rings. The molecule has 0 spiro atoms. The summed E-state index contributed by atoms with van der Waals surface area (Å²) in [6.07, 6.45) is 3.21. The van der Waals surface area contributed by atoms with Crippen LogP contribution in [0, 0.1) is 17.2 Å². The zero-order chi connectivity index (χ0) is 7.40. The average Bonchev–Trinajstić information content (AvgIpc) is 2.36. The average molecular weight is 140 g/mol. The van der Waals surface area contributed by atoms with Crippen molar-refractivity contribution < 1.29 is 4.84 Å². The van der Waals surface area contributed by atoms with Gasteiger partial charge in [-0.25, -0.2) is 0 Å². The Labute approximate surface area is 60.9 Å². The normalized spacial score (nSPS) is 32.0. The van der Waals surface area contributed by atoms with E-state index in [0.29, 0.717) is 0 Å². The Bertz CT molecular complexity index is 141. The maximum atomic E-state index is 8.62. The second-order valence-corrected chi connectivity index (χ2v) is 2.59. The van der Waals surface area contributed by atoms with Crippen LogP contribution in [-0.4, -0.2) is 13.2 Å².